The van der Waals surface area contributed by atoms with Crippen molar-refractivity contribution in [3.8, 4) is 0 Å². The van der Waals surface area contributed by atoms with Crippen LogP contribution >= 0.6 is 0 Å². The number of hydrogen-bond acceptors (Lipinski definition) is 0. The molecule has 15 heavy (non-hydrogen) atoms. The van der Waals surface area contributed by atoms with Gasteiger partial charge in [-0.1, -0.05) is 38.4 Å². The molecule has 0 fully saturated rings. The van der Waals surface area contributed by atoms with Crippen LogP contribution in [0, 0.1) is 0 Å². The number of rotatable bonds is 9. The fraction of sp³-hybridized carbons (Fsp3) is 1.00. The lowest BCUT2D eigenvalue weighted by Crippen LogP contribution is -2.25. The van der Waals surface area contributed by atoms with Gasteiger partial charge in [-0.3, -0.25) is 4.39 Å². The third-order valence-corrected chi connectivity index (χ3v) is 8.26. The predicted octanol–water partition coefficient (Wildman–Crippen LogP) is 3.18. The maximum atomic E-state index is 13.6. The van der Waals surface area contributed by atoms with Crippen LogP contribution in [0.2, 0.25) is 24.2 Å². The molecule has 0 saturated heterocycles. The summed E-state index contributed by atoms with van der Waals surface area (Å²) in [6, 6.07) is 3.04. The van der Waals surface area contributed by atoms with E-state index in [1.165, 1.54) is 0 Å². The minimum atomic E-state index is -2.13. The first-order chi connectivity index (χ1) is 7.11. The Morgan fingerprint density at radius 1 is 1.13 bits per heavy atom. The van der Waals surface area contributed by atoms with Crippen molar-refractivity contribution >= 4 is 18.3 Å². The Kier molecular flexibility index (Phi) is 9.59. The van der Waals surface area contributed by atoms with Gasteiger partial charge >= 0.3 is 0 Å². The van der Waals surface area contributed by atoms with Crippen molar-refractivity contribution in [1.29, 1.82) is 0 Å². The second-order valence-corrected chi connectivity index (χ2v) is 9.99. The molecule has 0 spiro atoms. The topological polar surface area (TPSA) is 0 Å². The van der Waals surface area contributed by atoms with Crippen LogP contribution in [0.3, 0.4) is 0 Å². The lowest BCUT2D eigenvalue weighted by Gasteiger charge is -2.15. The van der Waals surface area contributed by atoms with Gasteiger partial charge < -0.3 is 0 Å². The van der Waals surface area contributed by atoms with Crippen LogP contribution in [0.1, 0.15) is 26.7 Å². The average Bonchev–Trinajstić information content (AvgIpc) is 2.18. The Bertz CT molecular complexity index is 141. The average molecular weight is 256 g/mol. The van der Waals surface area contributed by atoms with E-state index in [9.17, 15) is 13.2 Å². The first kappa shape index (κ1) is 15.2. The number of halogens is 3. The van der Waals surface area contributed by atoms with E-state index in [4.69, 9.17) is 0 Å². The van der Waals surface area contributed by atoms with E-state index < -0.39 is 30.5 Å². The molecule has 0 bridgehead atoms. The highest BCUT2D eigenvalue weighted by Crippen LogP contribution is 2.14. The van der Waals surface area contributed by atoms with Gasteiger partial charge in [-0.2, -0.15) is 0 Å². The first-order valence-electron chi connectivity index (χ1n) is 6.04. The molecule has 0 N–H and O–H groups in total. The maximum Gasteiger partial charge on any atom is 0.235 e. The second-order valence-electron chi connectivity index (χ2n) is 4.12. The predicted molar refractivity (Wildman–Crippen MR) is 66.4 cm³/mol. The van der Waals surface area contributed by atoms with Crippen molar-refractivity contribution in [2.75, 3.05) is 0 Å². The lowest BCUT2D eigenvalue weighted by atomic mass is 10.4. The zero-order valence-corrected chi connectivity index (χ0v) is 12.4. The van der Waals surface area contributed by atoms with Crippen LogP contribution < -0.4 is 0 Å². The van der Waals surface area contributed by atoms with Gasteiger partial charge in [0.15, 0.2) is 0 Å². The molecule has 0 radical (unpaired) electrons. The Morgan fingerprint density at radius 3 is 2.20 bits per heavy atom. The van der Waals surface area contributed by atoms with Crippen molar-refractivity contribution < 1.29 is 13.2 Å². The van der Waals surface area contributed by atoms with Crippen LogP contribution in [-0.2, 0) is 0 Å². The molecule has 0 aliphatic rings. The molecular weight excluding hydrogens is 233 g/mol. The molecule has 0 heterocycles. The molecule has 0 aromatic carbocycles. The molecule has 92 valence electrons. The summed E-state index contributed by atoms with van der Waals surface area (Å²) >= 11 is 0. The maximum absolute atomic E-state index is 13.6. The molecule has 5 heteroatoms. The summed E-state index contributed by atoms with van der Waals surface area (Å²) in [6.45, 7) is 4.14. The minimum Gasteiger partial charge on any atom is -0.252 e. The summed E-state index contributed by atoms with van der Waals surface area (Å²) in [4.78, 5) is 0. The molecule has 0 amide bonds. The summed E-state index contributed by atoms with van der Waals surface area (Å²) < 4.78 is 37.2. The van der Waals surface area contributed by atoms with Gasteiger partial charge in [0.1, 0.15) is 0 Å². The third-order valence-electron chi connectivity index (χ3n) is 2.96. The van der Waals surface area contributed by atoms with Gasteiger partial charge in [-0.05, 0) is 12.5 Å². The molecule has 0 nitrogen and oxygen atoms in total. The van der Waals surface area contributed by atoms with E-state index in [0.29, 0.717) is 6.42 Å². The molecule has 1 unspecified atom stereocenters. The van der Waals surface area contributed by atoms with Gasteiger partial charge in [0.05, 0.1) is 14.6 Å². The summed E-state index contributed by atoms with van der Waals surface area (Å²) in [5.74, 6) is -0.583. The van der Waals surface area contributed by atoms with E-state index in [2.05, 4.69) is 13.8 Å². The molecule has 0 aromatic rings. The zero-order valence-electron chi connectivity index (χ0n) is 9.82. The summed E-state index contributed by atoms with van der Waals surface area (Å²) in [5.41, 5.74) is 0. The number of alkyl halides is 3. The van der Waals surface area contributed by atoms with E-state index in [0.717, 1.165) is 24.6 Å². The highest BCUT2D eigenvalue weighted by molar-refractivity contribution is 6.59. The molecular formula is C10H23F3Si2. The Morgan fingerprint density at radius 2 is 1.73 bits per heavy atom. The quantitative estimate of drug-likeness (QED) is 0.439. The fourth-order valence-corrected chi connectivity index (χ4v) is 5.40. The van der Waals surface area contributed by atoms with Gasteiger partial charge in [0.2, 0.25) is 6.43 Å². The van der Waals surface area contributed by atoms with E-state index in [1.54, 1.807) is 0 Å². The second kappa shape index (κ2) is 9.45. The summed E-state index contributed by atoms with van der Waals surface area (Å²) in [6.07, 6.45) is -0.662. The van der Waals surface area contributed by atoms with E-state index in [-0.39, 0.29) is 6.04 Å². The minimum absolute atomic E-state index is 0.110. The molecule has 0 aromatic heterocycles. The largest absolute Gasteiger partial charge is 0.252 e. The van der Waals surface area contributed by atoms with Crippen LogP contribution in [-0.4, -0.2) is 30.5 Å². The molecule has 0 saturated carbocycles. The van der Waals surface area contributed by atoms with Gasteiger partial charge in [0.25, 0.3) is 0 Å². The first-order valence-corrected chi connectivity index (χ1v) is 10.3. The van der Waals surface area contributed by atoms with Gasteiger partial charge in [-0.25, -0.2) is 8.78 Å². The van der Waals surface area contributed by atoms with Gasteiger partial charge in [0, 0.05) is 9.52 Å². The molecule has 1 atom stereocenters. The summed E-state index contributed by atoms with van der Waals surface area (Å²) in [5, 5.41) is 0. The molecule has 0 rings (SSSR count). The van der Waals surface area contributed by atoms with Gasteiger partial charge in [-0.15, -0.1) is 0 Å². The zero-order chi connectivity index (χ0) is 11.7. The fourth-order valence-electron chi connectivity index (χ4n) is 1.85. The molecule has 0 aliphatic carbocycles. The van der Waals surface area contributed by atoms with E-state index in [1.807, 2.05) is 0 Å². The Hall–Kier alpha value is 0.224. The highest BCUT2D eigenvalue weighted by atomic mass is 28.3. The van der Waals surface area contributed by atoms with Crippen LogP contribution in [0.5, 0.6) is 0 Å². The van der Waals surface area contributed by atoms with Crippen molar-refractivity contribution in [2.45, 2.75) is 63.1 Å². The van der Waals surface area contributed by atoms with Crippen LogP contribution in [0.15, 0.2) is 0 Å². The SMILES string of the molecule is CC[SiH](CC)C(F)CCC[SiH2]CC(F)F. The highest BCUT2D eigenvalue weighted by Gasteiger charge is 2.18. The van der Waals surface area contributed by atoms with Crippen LogP contribution in [0.4, 0.5) is 13.2 Å². The van der Waals surface area contributed by atoms with Crippen molar-refractivity contribution in [3.05, 3.63) is 0 Å². The third kappa shape index (κ3) is 8.07. The smallest absolute Gasteiger partial charge is 0.235 e. The standard InChI is InChI=1S/C10H23F3Si2/c1-3-15(4-2)10(13)6-5-7-14-8-9(11)12/h9-10,15H,3-8,14H2,1-2H3. The van der Waals surface area contributed by atoms with Crippen molar-refractivity contribution in [2.24, 2.45) is 0 Å². The van der Waals surface area contributed by atoms with E-state index >= 15 is 0 Å². The lowest BCUT2D eigenvalue weighted by molar-refractivity contribution is 0.171. The monoisotopic (exact) mass is 256 g/mol. The van der Waals surface area contributed by atoms with Crippen molar-refractivity contribution in [1.82, 2.24) is 0 Å². The Balaban J connectivity index is 3.41. The molecule has 0 aliphatic heterocycles. The van der Waals surface area contributed by atoms with Crippen LogP contribution in [0.25, 0.3) is 0 Å². The Labute approximate surface area is 95.1 Å². The normalized spacial score (nSPS) is 14.6. The summed E-state index contributed by atoms with van der Waals surface area (Å²) in [7, 11) is -1.77. The van der Waals surface area contributed by atoms with Crippen molar-refractivity contribution in [3.63, 3.8) is 0 Å². The number of hydrogen-bond donors (Lipinski definition) is 0.